The molecule has 0 aliphatic carbocycles. The van der Waals surface area contributed by atoms with E-state index in [1.54, 1.807) is 4.98 Å². The number of aromatic amines is 1. The molecule has 0 radical (unpaired) electrons. The molecule has 1 fully saturated rings. The minimum absolute atomic E-state index is 0.461. The highest BCUT2D eigenvalue weighted by Crippen LogP contribution is 2.66. The second-order valence-electron chi connectivity index (χ2n) is 6.88. The monoisotopic (exact) mass is 562 g/mol. The molecule has 34 heavy (non-hydrogen) atoms. The quantitative estimate of drug-likeness (QED) is 0.152. The molecule has 0 amide bonds. The molecule has 7 N–H and O–H groups in total. The number of alkyl halides is 2. The molecule has 2 rings (SSSR count). The molecule has 196 valence electrons. The number of rotatable bonds is 11. The van der Waals surface area contributed by atoms with Gasteiger partial charge in [-0.15, -0.1) is 0 Å². The first-order valence-corrected chi connectivity index (χ1v) is 13.2. The third-order valence-corrected chi connectivity index (χ3v) is 8.24. The number of aliphatic hydroxyl groups is 2. The Morgan fingerprint density at radius 1 is 1.12 bits per heavy atom. The molecule has 2 heterocycles. The maximum Gasteiger partial charge on any atom is 0.490 e. The van der Waals surface area contributed by atoms with Crippen LogP contribution in [0.3, 0.4) is 0 Å². The van der Waals surface area contributed by atoms with Crippen LogP contribution < -0.4 is 11.2 Å². The van der Waals surface area contributed by atoms with Gasteiger partial charge in [-0.25, -0.2) is 22.9 Å². The van der Waals surface area contributed by atoms with Gasteiger partial charge < -0.3 is 34.5 Å². The lowest BCUT2D eigenvalue weighted by atomic mass is 9.85. The molecule has 0 spiro atoms. The predicted octanol–water partition coefficient (Wildman–Crippen LogP) is -1.43. The van der Waals surface area contributed by atoms with Crippen LogP contribution in [0.15, 0.2) is 21.9 Å². The topological polar surface area (TPSA) is 264 Å². The standard InChI is InChI=1S/C12H19F2N2O15P3/c13-3-2-12(20)8(18)11(5-14,29-9(12)16-4-1-7(17)15-10(16)19)6-28-33(24,25)31-34(26,27)30-32(21,22)23/h1,4,8-9,18,20H,2-3,5-6H2,(H,24,25)(H,26,27)(H,15,17,19)(H2,21,22,23). The minimum atomic E-state index is -5.93. The summed E-state index contributed by atoms with van der Waals surface area (Å²) in [4.78, 5) is 60.9. The van der Waals surface area contributed by atoms with E-state index in [2.05, 4.69) is 13.1 Å². The van der Waals surface area contributed by atoms with E-state index < -0.39 is 84.6 Å². The van der Waals surface area contributed by atoms with Crippen LogP contribution in [0, 0.1) is 0 Å². The summed E-state index contributed by atoms with van der Waals surface area (Å²) in [5, 5.41) is 21.4. The fourth-order valence-corrected chi connectivity index (χ4v) is 6.13. The molecule has 1 aromatic heterocycles. The molecule has 6 unspecified atom stereocenters. The smallest absolute Gasteiger partial charge is 0.387 e. The number of phosphoric ester groups is 1. The summed E-state index contributed by atoms with van der Waals surface area (Å²) < 4.78 is 78.0. The molecule has 1 saturated heterocycles. The van der Waals surface area contributed by atoms with E-state index in [4.69, 9.17) is 19.4 Å². The van der Waals surface area contributed by atoms with Gasteiger partial charge >= 0.3 is 29.2 Å². The zero-order valence-corrected chi connectivity index (χ0v) is 19.2. The number of hydrogen-bond acceptors (Lipinski definition) is 11. The van der Waals surface area contributed by atoms with Crippen LogP contribution in [-0.4, -0.2) is 76.6 Å². The number of ether oxygens (including phenoxy) is 1. The number of H-pyrrole nitrogens is 1. The second kappa shape index (κ2) is 10.1. The van der Waals surface area contributed by atoms with Crippen molar-refractivity contribution in [2.75, 3.05) is 20.0 Å². The molecule has 0 bridgehead atoms. The molecule has 0 aromatic carbocycles. The Labute approximate surface area is 187 Å². The summed E-state index contributed by atoms with van der Waals surface area (Å²) in [6, 6.07) is 0.772. The van der Waals surface area contributed by atoms with Gasteiger partial charge in [0.15, 0.2) is 11.8 Å². The van der Waals surface area contributed by atoms with Gasteiger partial charge in [-0.05, 0) is 0 Å². The van der Waals surface area contributed by atoms with Crippen molar-refractivity contribution in [2.24, 2.45) is 0 Å². The number of nitrogens with one attached hydrogen (secondary N) is 1. The molecule has 1 aliphatic rings. The Morgan fingerprint density at radius 2 is 1.74 bits per heavy atom. The van der Waals surface area contributed by atoms with Gasteiger partial charge in [0.2, 0.25) is 0 Å². The zero-order chi connectivity index (χ0) is 26.2. The number of nitrogens with zero attached hydrogens (tertiary/aromatic N) is 1. The number of aromatic nitrogens is 2. The van der Waals surface area contributed by atoms with Gasteiger partial charge in [0, 0.05) is 18.7 Å². The molecule has 0 saturated carbocycles. The number of aliphatic hydroxyl groups excluding tert-OH is 1. The Bertz CT molecular complexity index is 1150. The fourth-order valence-electron chi connectivity index (χ4n) is 3.05. The van der Waals surface area contributed by atoms with Gasteiger partial charge in [0.05, 0.1) is 13.3 Å². The van der Waals surface area contributed by atoms with Crippen molar-refractivity contribution in [1.29, 1.82) is 0 Å². The van der Waals surface area contributed by atoms with Crippen LogP contribution in [0.4, 0.5) is 8.78 Å². The van der Waals surface area contributed by atoms with Crippen LogP contribution in [0.25, 0.3) is 0 Å². The van der Waals surface area contributed by atoms with Crippen molar-refractivity contribution in [2.45, 2.75) is 30.0 Å². The Kier molecular flexibility index (Phi) is 8.60. The van der Waals surface area contributed by atoms with Crippen molar-refractivity contribution in [3.63, 3.8) is 0 Å². The molecule has 17 nitrogen and oxygen atoms in total. The molecule has 6 atom stereocenters. The maximum atomic E-state index is 14.0. The van der Waals surface area contributed by atoms with Crippen LogP contribution >= 0.6 is 23.5 Å². The first-order valence-electron chi connectivity index (χ1n) is 8.70. The second-order valence-corrected chi connectivity index (χ2v) is 11.3. The van der Waals surface area contributed by atoms with E-state index in [-0.39, 0.29) is 0 Å². The lowest BCUT2D eigenvalue weighted by Crippen LogP contribution is -2.55. The van der Waals surface area contributed by atoms with E-state index in [1.165, 1.54) is 0 Å². The zero-order valence-electron chi connectivity index (χ0n) is 16.5. The van der Waals surface area contributed by atoms with Crippen LogP contribution in [-0.2, 0) is 31.6 Å². The lowest BCUT2D eigenvalue weighted by molar-refractivity contribution is -0.139. The third-order valence-electron chi connectivity index (χ3n) is 4.46. The van der Waals surface area contributed by atoms with Crippen LogP contribution in [0.2, 0.25) is 0 Å². The Balaban J connectivity index is 2.36. The van der Waals surface area contributed by atoms with Crippen molar-refractivity contribution >= 4 is 23.5 Å². The van der Waals surface area contributed by atoms with Crippen molar-refractivity contribution in [1.82, 2.24) is 9.55 Å². The van der Waals surface area contributed by atoms with E-state index in [0.717, 1.165) is 12.3 Å². The molecule has 22 heteroatoms. The van der Waals surface area contributed by atoms with E-state index in [9.17, 15) is 47.2 Å². The maximum absolute atomic E-state index is 14.0. The third kappa shape index (κ3) is 6.53. The lowest BCUT2D eigenvalue weighted by Gasteiger charge is -2.33. The van der Waals surface area contributed by atoms with E-state index >= 15 is 0 Å². The Hall–Kier alpha value is -1.17. The van der Waals surface area contributed by atoms with Crippen molar-refractivity contribution in [3.05, 3.63) is 33.1 Å². The van der Waals surface area contributed by atoms with Crippen molar-refractivity contribution in [3.8, 4) is 0 Å². The number of halogens is 2. The summed E-state index contributed by atoms with van der Waals surface area (Å²) in [6.45, 7) is -4.73. The summed E-state index contributed by atoms with van der Waals surface area (Å²) in [5.41, 5.74) is -7.72. The summed E-state index contributed by atoms with van der Waals surface area (Å²) in [6.07, 6.45) is -4.76. The average Bonchev–Trinajstić information content (AvgIpc) is 2.86. The molecule has 1 aliphatic heterocycles. The van der Waals surface area contributed by atoms with Gasteiger partial charge in [0.25, 0.3) is 5.56 Å². The normalized spacial score (nSPS) is 31.2. The van der Waals surface area contributed by atoms with Gasteiger partial charge in [-0.3, -0.25) is 23.3 Å². The van der Waals surface area contributed by atoms with Crippen LogP contribution in [0.5, 0.6) is 0 Å². The minimum Gasteiger partial charge on any atom is -0.387 e. The predicted molar refractivity (Wildman–Crippen MR) is 102 cm³/mol. The van der Waals surface area contributed by atoms with Gasteiger partial charge in [-0.2, -0.15) is 8.62 Å². The van der Waals surface area contributed by atoms with E-state index in [1.807, 2.05) is 0 Å². The number of phosphoric acid groups is 3. The molecular weight excluding hydrogens is 543 g/mol. The van der Waals surface area contributed by atoms with E-state index in [0.29, 0.717) is 4.57 Å². The van der Waals surface area contributed by atoms with Gasteiger partial charge in [0.1, 0.15) is 18.4 Å². The molecule has 1 aromatic rings. The first-order chi connectivity index (χ1) is 15.4. The molecular formula is C12H19F2N2O15P3. The number of hydrogen-bond donors (Lipinski definition) is 7. The highest BCUT2D eigenvalue weighted by molar-refractivity contribution is 7.66. The van der Waals surface area contributed by atoms with Crippen molar-refractivity contribution < 1.29 is 70.1 Å². The highest BCUT2D eigenvalue weighted by atomic mass is 31.3. The highest BCUT2D eigenvalue weighted by Gasteiger charge is 2.65. The average molecular weight is 562 g/mol. The first kappa shape index (κ1) is 29.1. The summed E-state index contributed by atoms with van der Waals surface area (Å²) >= 11 is 0. The Morgan fingerprint density at radius 3 is 2.24 bits per heavy atom. The van der Waals surface area contributed by atoms with Gasteiger partial charge in [-0.1, -0.05) is 0 Å². The largest absolute Gasteiger partial charge is 0.490 e. The SMILES string of the molecule is O=c1ccn(C2OC(CF)(COP(=O)(O)OP(=O)(O)OP(=O)(O)O)C(O)C2(O)CCF)c(=O)[nH]1. The fraction of sp³-hybridized carbons (Fsp3) is 0.667. The summed E-state index contributed by atoms with van der Waals surface area (Å²) in [5.74, 6) is 0. The van der Waals surface area contributed by atoms with Crippen LogP contribution in [0.1, 0.15) is 12.6 Å². The summed E-state index contributed by atoms with van der Waals surface area (Å²) in [7, 11) is -17.4.